The van der Waals surface area contributed by atoms with Crippen molar-refractivity contribution in [1.29, 1.82) is 0 Å². The largest absolute Gasteiger partial charge is 0.495 e. The summed E-state index contributed by atoms with van der Waals surface area (Å²) in [6.45, 7) is 3.14. The Labute approximate surface area is 106 Å². The average Bonchev–Trinajstić information content (AvgIpc) is 3.04. The van der Waals surface area contributed by atoms with Crippen LogP contribution in [-0.2, 0) is 14.2 Å². The summed E-state index contributed by atoms with van der Waals surface area (Å²) >= 11 is 0. The molecule has 0 N–H and O–H groups in total. The summed E-state index contributed by atoms with van der Waals surface area (Å²) in [5.74, 6) is 0.679. The van der Waals surface area contributed by atoms with Crippen LogP contribution in [0.4, 0.5) is 0 Å². The molecule has 0 atom stereocenters. The molecule has 2 fully saturated rings. The number of hydrogen-bond donors (Lipinski definition) is 0. The number of ether oxygens (including phenoxy) is 3. The first-order chi connectivity index (χ1) is 8.82. The molecule has 4 aliphatic rings. The third-order valence-corrected chi connectivity index (χ3v) is 4.63. The van der Waals surface area contributed by atoms with Crippen molar-refractivity contribution in [3.05, 3.63) is 12.1 Å². The number of hydrogen-bond acceptors (Lipinski definition) is 5. The van der Waals surface area contributed by atoms with Gasteiger partial charge in [0, 0.05) is 19.1 Å². The molecule has 18 heavy (non-hydrogen) atoms. The van der Waals surface area contributed by atoms with Gasteiger partial charge in [0.25, 0.3) is 0 Å². The fourth-order valence-electron chi connectivity index (χ4n) is 3.56. The van der Waals surface area contributed by atoms with Gasteiger partial charge in [0.05, 0.1) is 25.3 Å². The van der Waals surface area contributed by atoms with Gasteiger partial charge in [-0.25, -0.2) is 4.99 Å². The van der Waals surface area contributed by atoms with Crippen LogP contribution in [0.25, 0.3) is 0 Å². The molecule has 5 heteroatoms. The molecule has 0 unspecified atom stereocenters. The SMILES string of the molecule is C1=NC2=COCC3(CCC4(CC3)OCCO4)N2C1. The van der Waals surface area contributed by atoms with Crippen LogP contribution in [0.5, 0.6) is 0 Å². The maximum absolute atomic E-state index is 5.80. The molecule has 3 heterocycles. The average molecular weight is 250 g/mol. The van der Waals surface area contributed by atoms with Gasteiger partial charge in [0.1, 0.15) is 12.9 Å². The first-order valence-electron chi connectivity index (χ1n) is 6.72. The molecule has 0 aromatic carbocycles. The molecular weight excluding hydrogens is 232 g/mol. The van der Waals surface area contributed by atoms with Crippen molar-refractivity contribution in [2.75, 3.05) is 26.4 Å². The third kappa shape index (κ3) is 1.44. The van der Waals surface area contributed by atoms with E-state index in [0.29, 0.717) is 0 Å². The summed E-state index contributed by atoms with van der Waals surface area (Å²) in [6.07, 6.45) is 7.76. The minimum Gasteiger partial charge on any atom is -0.495 e. The van der Waals surface area contributed by atoms with E-state index < -0.39 is 0 Å². The Kier molecular flexibility index (Phi) is 2.23. The van der Waals surface area contributed by atoms with E-state index in [0.717, 1.165) is 57.9 Å². The van der Waals surface area contributed by atoms with Gasteiger partial charge in [-0.1, -0.05) is 0 Å². The molecule has 1 saturated heterocycles. The van der Waals surface area contributed by atoms with Crippen LogP contribution in [0.3, 0.4) is 0 Å². The molecule has 1 saturated carbocycles. The van der Waals surface area contributed by atoms with E-state index in [1.807, 2.05) is 6.21 Å². The summed E-state index contributed by atoms with van der Waals surface area (Å²) in [5.41, 5.74) is 0.0984. The highest BCUT2D eigenvalue weighted by Gasteiger charge is 2.51. The fourth-order valence-corrected chi connectivity index (χ4v) is 3.56. The van der Waals surface area contributed by atoms with Gasteiger partial charge >= 0.3 is 0 Å². The van der Waals surface area contributed by atoms with E-state index >= 15 is 0 Å². The number of nitrogens with zero attached hydrogens (tertiary/aromatic N) is 2. The topological polar surface area (TPSA) is 43.3 Å². The lowest BCUT2D eigenvalue weighted by Crippen LogP contribution is -2.57. The summed E-state index contributed by atoms with van der Waals surface area (Å²) in [4.78, 5) is 6.76. The van der Waals surface area contributed by atoms with Gasteiger partial charge in [0.2, 0.25) is 0 Å². The molecule has 0 amide bonds. The number of aliphatic imine (C=N–C) groups is 1. The maximum Gasteiger partial charge on any atom is 0.168 e. The standard InChI is InChI=1S/C13H18N2O3/c1-3-13(17-7-8-18-13)4-2-12(1)10-16-9-11-14-5-6-15(11)12/h5,9H,1-4,6-8,10H2. The Bertz CT molecular complexity index is 402. The molecule has 98 valence electrons. The highest BCUT2D eigenvalue weighted by molar-refractivity contribution is 5.65. The number of rotatable bonds is 0. The highest BCUT2D eigenvalue weighted by Crippen LogP contribution is 2.45. The number of fused-ring (bicyclic) bond motifs is 2. The van der Waals surface area contributed by atoms with Gasteiger partial charge in [-0.3, -0.25) is 0 Å². The minimum absolute atomic E-state index is 0.0984. The lowest BCUT2D eigenvalue weighted by atomic mass is 9.77. The Hall–Kier alpha value is -1.07. The lowest BCUT2D eigenvalue weighted by molar-refractivity contribution is -0.197. The van der Waals surface area contributed by atoms with E-state index in [2.05, 4.69) is 9.89 Å². The van der Waals surface area contributed by atoms with Crippen molar-refractivity contribution in [2.24, 2.45) is 4.99 Å². The van der Waals surface area contributed by atoms with E-state index in [1.165, 1.54) is 0 Å². The van der Waals surface area contributed by atoms with Crippen molar-refractivity contribution in [3.8, 4) is 0 Å². The van der Waals surface area contributed by atoms with Gasteiger partial charge in [0.15, 0.2) is 11.6 Å². The summed E-state index contributed by atoms with van der Waals surface area (Å²) in [5, 5.41) is 0. The fraction of sp³-hybridized carbons (Fsp3) is 0.769. The zero-order valence-corrected chi connectivity index (χ0v) is 10.4. The first-order valence-corrected chi connectivity index (χ1v) is 6.72. The van der Waals surface area contributed by atoms with Crippen molar-refractivity contribution in [1.82, 2.24) is 4.90 Å². The van der Waals surface area contributed by atoms with E-state index in [1.54, 1.807) is 6.26 Å². The van der Waals surface area contributed by atoms with E-state index in [9.17, 15) is 0 Å². The first kappa shape index (κ1) is 10.8. The second-order valence-electron chi connectivity index (χ2n) is 5.54. The molecule has 1 aliphatic carbocycles. The van der Waals surface area contributed by atoms with Gasteiger partial charge in [-0.15, -0.1) is 0 Å². The summed E-state index contributed by atoms with van der Waals surface area (Å²) < 4.78 is 17.2. The van der Waals surface area contributed by atoms with Crippen LogP contribution >= 0.6 is 0 Å². The Morgan fingerprint density at radius 2 is 1.89 bits per heavy atom. The van der Waals surface area contributed by atoms with Gasteiger partial charge < -0.3 is 19.1 Å². The molecule has 0 radical (unpaired) electrons. The van der Waals surface area contributed by atoms with E-state index in [4.69, 9.17) is 14.2 Å². The maximum atomic E-state index is 5.80. The Morgan fingerprint density at radius 1 is 1.11 bits per heavy atom. The molecule has 0 bridgehead atoms. The van der Waals surface area contributed by atoms with Crippen molar-refractivity contribution >= 4 is 6.21 Å². The second kappa shape index (κ2) is 3.71. The van der Waals surface area contributed by atoms with Gasteiger partial charge in [-0.2, -0.15) is 0 Å². The summed E-state index contributed by atoms with van der Waals surface area (Å²) in [6, 6.07) is 0. The van der Waals surface area contributed by atoms with Crippen LogP contribution in [0, 0.1) is 0 Å². The third-order valence-electron chi connectivity index (χ3n) is 4.63. The molecule has 0 aromatic rings. The molecule has 0 aromatic heterocycles. The van der Waals surface area contributed by atoms with Crippen LogP contribution in [0.1, 0.15) is 25.7 Å². The molecule has 3 aliphatic heterocycles. The second-order valence-corrected chi connectivity index (χ2v) is 5.54. The van der Waals surface area contributed by atoms with Crippen LogP contribution in [-0.4, -0.2) is 48.8 Å². The minimum atomic E-state index is -0.298. The normalized spacial score (nSPS) is 31.6. The van der Waals surface area contributed by atoms with Crippen LogP contribution in [0.15, 0.2) is 17.1 Å². The molecule has 5 nitrogen and oxygen atoms in total. The van der Waals surface area contributed by atoms with Crippen LogP contribution in [0.2, 0.25) is 0 Å². The zero-order chi connectivity index (χ0) is 12.1. The molecule has 2 spiro atoms. The zero-order valence-electron chi connectivity index (χ0n) is 10.4. The quantitative estimate of drug-likeness (QED) is 0.649. The van der Waals surface area contributed by atoms with Crippen molar-refractivity contribution in [3.63, 3.8) is 0 Å². The molecular formula is C13H18N2O3. The molecule has 4 rings (SSSR count). The predicted molar refractivity (Wildman–Crippen MR) is 65.1 cm³/mol. The van der Waals surface area contributed by atoms with Gasteiger partial charge in [-0.05, 0) is 12.8 Å². The highest BCUT2D eigenvalue weighted by atomic mass is 16.7. The van der Waals surface area contributed by atoms with Crippen molar-refractivity contribution < 1.29 is 14.2 Å². The van der Waals surface area contributed by atoms with Crippen molar-refractivity contribution in [2.45, 2.75) is 37.0 Å². The Balaban J connectivity index is 1.54. The van der Waals surface area contributed by atoms with E-state index in [-0.39, 0.29) is 11.3 Å². The lowest BCUT2D eigenvalue weighted by Gasteiger charge is -2.50. The smallest absolute Gasteiger partial charge is 0.168 e. The summed E-state index contributed by atoms with van der Waals surface area (Å²) in [7, 11) is 0. The van der Waals surface area contributed by atoms with Crippen LogP contribution < -0.4 is 0 Å². The monoisotopic (exact) mass is 250 g/mol. The Morgan fingerprint density at radius 3 is 2.67 bits per heavy atom. The predicted octanol–water partition coefficient (Wildman–Crippen LogP) is 1.26.